The van der Waals surface area contributed by atoms with Crippen molar-refractivity contribution in [3.63, 3.8) is 0 Å². The van der Waals surface area contributed by atoms with Crippen molar-refractivity contribution >= 4 is 51.0 Å². The Morgan fingerprint density at radius 1 is 1.14 bits per heavy atom. The highest BCUT2D eigenvalue weighted by Crippen LogP contribution is 2.42. The number of hydrogen-bond acceptors (Lipinski definition) is 7. The summed E-state index contributed by atoms with van der Waals surface area (Å²) in [6, 6.07) is 12.3. The van der Waals surface area contributed by atoms with E-state index < -0.39 is 5.82 Å². The Balaban J connectivity index is 1.66. The minimum atomic E-state index is -0.590. The van der Waals surface area contributed by atoms with Gasteiger partial charge in [0.2, 0.25) is 5.95 Å². The highest BCUT2D eigenvalue weighted by atomic mass is 35.5. The maximum absolute atomic E-state index is 16.4. The molecule has 1 aliphatic rings. The lowest BCUT2D eigenvalue weighted by atomic mass is 9.96. The first-order chi connectivity index (χ1) is 18.0. The molecule has 7 nitrogen and oxygen atoms in total. The standard InChI is InChI=1S/C28H28ClFN4O3/c1-2-37-23(36)10-11-31-28-32-26-21(27(33-28)34-12-6-3-7-13-34)16-22(29)24(25(26)30)20-15-18(35)14-17-8-4-5-9-19(17)20/h4-5,8-9,14-16,35H,2-3,6-7,10-13H2,1H3,(H,31,32,33). The molecule has 3 aromatic carbocycles. The summed E-state index contributed by atoms with van der Waals surface area (Å²) < 4.78 is 21.4. The van der Waals surface area contributed by atoms with Crippen molar-refractivity contribution in [3.8, 4) is 16.9 Å². The molecular weight excluding hydrogens is 495 g/mol. The summed E-state index contributed by atoms with van der Waals surface area (Å²) in [6.45, 7) is 3.91. The third-order valence-corrected chi connectivity index (χ3v) is 6.85. The van der Waals surface area contributed by atoms with Gasteiger partial charge in [0.15, 0.2) is 5.82 Å². The Kier molecular flexibility index (Phi) is 7.28. The van der Waals surface area contributed by atoms with E-state index in [1.54, 1.807) is 19.1 Å². The highest BCUT2D eigenvalue weighted by Gasteiger charge is 2.24. The van der Waals surface area contributed by atoms with Crippen LogP contribution in [0.3, 0.4) is 0 Å². The van der Waals surface area contributed by atoms with Crippen LogP contribution in [0.25, 0.3) is 32.8 Å². The Morgan fingerprint density at radius 3 is 2.70 bits per heavy atom. The zero-order chi connectivity index (χ0) is 25.9. The van der Waals surface area contributed by atoms with Gasteiger partial charge in [-0.05, 0) is 60.7 Å². The van der Waals surface area contributed by atoms with E-state index in [4.69, 9.17) is 21.3 Å². The third-order valence-electron chi connectivity index (χ3n) is 6.55. The molecule has 0 spiro atoms. The van der Waals surface area contributed by atoms with Crippen LogP contribution in [0.2, 0.25) is 5.02 Å². The molecule has 0 aliphatic carbocycles. The number of fused-ring (bicyclic) bond motifs is 2. The van der Waals surface area contributed by atoms with Gasteiger partial charge in [-0.25, -0.2) is 9.37 Å². The second kappa shape index (κ2) is 10.8. The molecule has 2 heterocycles. The number of aromatic nitrogens is 2. The Labute approximate surface area is 219 Å². The lowest BCUT2D eigenvalue weighted by Gasteiger charge is -2.29. The van der Waals surface area contributed by atoms with Gasteiger partial charge in [-0.3, -0.25) is 4.79 Å². The van der Waals surface area contributed by atoms with Crippen molar-refractivity contribution in [1.29, 1.82) is 0 Å². The van der Waals surface area contributed by atoms with Crippen LogP contribution in [0.5, 0.6) is 5.75 Å². The number of rotatable bonds is 7. The number of phenolic OH excluding ortho intramolecular Hbond substituents is 1. The van der Waals surface area contributed by atoms with Gasteiger partial charge in [0.25, 0.3) is 0 Å². The fraction of sp³-hybridized carbons (Fsp3) is 0.321. The predicted molar refractivity (Wildman–Crippen MR) is 145 cm³/mol. The topological polar surface area (TPSA) is 87.6 Å². The summed E-state index contributed by atoms with van der Waals surface area (Å²) in [6.07, 6.45) is 3.30. The van der Waals surface area contributed by atoms with Crippen LogP contribution in [0.1, 0.15) is 32.6 Å². The van der Waals surface area contributed by atoms with Gasteiger partial charge in [-0.15, -0.1) is 0 Å². The second-order valence-electron chi connectivity index (χ2n) is 9.06. The minimum absolute atomic E-state index is 0.0160. The van der Waals surface area contributed by atoms with Crippen molar-refractivity contribution in [3.05, 3.63) is 53.3 Å². The number of halogens is 2. The van der Waals surface area contributed by atoms with E-state index >= 15 is 4.39 Å². The van der Waals surface area contributed by atoms with Gasteiger partial charge in [-0.2, -0.15) is 4.98 Å². The van der Waals surface area contributed by atoms with Gasteiger partial charge < -0.3 is 20.1 Å². The van der Waals surface area contributed by atoms with Crippen molar-refractivity contribution < 1.29 is 19.0 Å². The molecule has 1 saturated heterocycles. The molecule has 5 rings (SSSR count). The van der Waals surface area contributed by atoms with E-state index in [-0.39, 0.29) is 46.7 Å². The lowest BCUT2D eigenvalue weighted by Crippen LogP contribution is -2.30. The molecule has 1 fully saturated rings. The van der Waals surface area contributed by atoms with Crippen LogP contribution in [0, 0.1) is 5.82 Å². The van der Waals surface area contributed by atoms with Gasteiger partial charge in [0.1, 0.15) is 17.1 Å². The van der Waals surface area contributed by atoms with Crippen LogP contribution in [-0.2, 0) is 9.53 Å². The smallest absolute Gasteiger partial charge is 0.307 e. The van der Waals surface area contributed by atoms with E-state index in [2.05, 4.69) is 15.2 Å². The van der Waals surface area contributed by atoms with Crippen LogP contribution in [-0.4, -0.2) is 47.3 Å². The van der Waals surface area contributed by atoms with E-state index in [1.807, 2.05) is 24.3 Å². The number of aromatic hydroxyl groups is 1. The molecule has 0 bridgehead atoms. The monoisotopic (exact) mass is 522 g/mol. The molecule has 9 heteroatoms. The Morgan fingerprint density at radius 2 is 1.92 bits per heavy atom. The minimum Gasteiger partial charge on any atom is -0.508 e. The number of piperidine rings is 1. The van der Waals surface area contributed by atoms with Crippen molar-refractivity contribution in [2.24, 2.45) is 0 Å². The second-order valence-corrected chi connectivity index (χ2v) is 9.47. The summed E-state index contributed by atoms with van der Waals surface area (Å²) in [5.41, 5.74) is 0.776. The molecule has 1 aromatic heterocycles. The van der Waals surface area contributed by atoms with E-state index in [1.165, 1.54) is 6.07 Å². The molecule has 0 unspecified atom stereocenters. The fourth-order valence-electron chi connectivity index (χ4n) is 4.86. The van der Waals surface area contributed by atoms with Crippen LogP contribution < -0.4 is 10.2 Å². The maximum atomic E-state index is 16.4. The summed E-state index contributed by atoms with van der Waals surface area (Å²) in [5, 5.41) is 15.7. The molecule has 0 atom stereocenters. The first kappa shape index (κ1) is 25.0. The average molecular weight is 523 g/mol. The third kappa shape index (κ3) is 5.11. The van der Waals surface area contributed by atoms with Crippen molar-refractivity contribution in [2.75, 3.05) is 36.5 Å². The summed E-state index contributed by atoms with van der Waals surface area (Å²) in [5.74, 6) is -0.0700. The molecular formula is C28H28ClFN4O3. The normalized spacial score (nSPS) is 13.8. The molecule has 0 radical (unpaired) electrons. The van der Waals surface area contributed by atoms with Gasteiger partial charge in [0, 0.05) is 30.6 Å². The first-order valence-corrected chi connectivity index (χ1v) is 12.9. The number of carbonyl (C=O) groups excluding carboxylic acids is 1. The van der Waals surface area contributed by atoms with Gasteiger partial charge in [-0.1, -0.05) is 35.9 Å². The van der Waals surface area contributed by atoms with Crippen LogP contribution >= 0.6 is 11.6 Å². The number of ether oxygens (including phenoxy) is 1. The number of hydrogen-bond donors (Lipinski definition) is 2. The maximum Gasteiger partial charge on any atom is 0.307 e. The lowest BCUT2D eigenvalue weighted by molar-refractivity contribution is -0.142. The first-order valence-electron chi connectivity index (χ1n) is 12.5. The molecule has 0 saturated carbocycles. The van der Waals surface area contributed by atoms with Gasteiger partial charge in [0.05, 0.1) is 18.1 Å². The molecule has 2 N–H and O–H groups in total. The number of phenols is 1. The van der Waals surface area contributed by atoms with Crippen molar-refractivity contribution in [2.45, 2.75) is 32.6 Å². The Hall–Kier alpha value is -3.65. The fourth-order valence-corrected chi connectivity index (χ4v) is 5.16. The van der Waals surface area contributed by atoms with E-state index in [0.29, 0.717) is 23.4 Å². The van der Waals surface area contributed by atoms with E-state index in [9.17, 15) is 9.90 Å². The molecule has 0 amide bonds. The van der Waals surface area contributed by atoms with Crippen LogP contribution in [0.4, 0.5) is 16.2 Å². The average Bonchev–Trinajstić information content (AvgIpc) is 2.89. The Bertz CT molecular complexity index is 1470. The zero-order valence-electron chi connectivity index (χ0n) is 20.6. The zero-order valence-corrected chi connectivity index (χ0v) is 21.3. The molecule has 1 aliphatic heterocycles. The molecule has 4 aromatic rings. The highest BCUT2D eigenvalue weighted by molar-refractivity contribution is 6.35. The van der Waals surface area contributed by atoms with Crippen molar-refractivity contribution in [1.82, 2.24) is 9.97 Å². The summed E-state index contributed by atoms with van der Waals surface area (Å²) in [4.78, 5) is 23.1. The number of esters is 1. The summed E-state index contributed by atoms with van der Waals surface area (Å²) >= 11 is 6.73. The molecule has 37 heavy (non-hydrogen) atoms. The predicted octanol–water partition coefficient (Wildman–Crippen LogP) is 6.30. The molecule has 192 valence electrons. The van der Waals surface area contributed by atoms with Crippen LogP contribution in [0.15, 0.2) is 42.5 Å². The van der Waals surface area contributed by atoms with E-state index in [0.717, 1.165) is 43.1 Å². The quantitative estimate of drug-likeness (QED) is 0.275. The number of nitrogens with one attached hydrogen (secondary N) is 1. The SMILES string of the molecule is CCOC(=O)CCNc1nc(N2CCCCC2)c2cc(Cl)c(-c3cc(O)cc4ccccc34)c(F)c2n1. The number of anilines is 2. The largest absolute Gasteiger partial charge is 0.508 e. The van der Waals surface area contributed by atoms with Gasteiger partial charge >= 0.3 is 5.97 Å². The number of nitrogens with zero attached hydrogens (tertiary/aromatic N) is 3. The summed E-state index contributed by atoms with van der Waals surface area (Å²) in [7, 11) is 0. The number of carbonyl (C=O) groups is 1. The number of benzene rings is 3.